The van der Waals surface area contributed by atoms with Crippen LogP contribution in [0.3, 0.4) is 0 Å². The summed E-state index contributed by atoms with van der Waals surface area (Å²) >= 11 is 0. The van der Waals surface area contributed by atoms with Gasteiger partial charge in [-0.05, 0) is 26.6 Å². The number of nitrogens with zero attached hydrogens (tertiary/aromatic N) is 3. The molecule has 2 aromatic rings. The van der Waals surface area contributed by atoms with Crippen LogP contribution in [-0.4, -0.2) is 53.1 Å². The zero-order valence-electron chi connectivity index (χ0n) is 13.0. The molecule has 0 saturated heterocycles. The fourth-order valence-electron chi connectivity index (χ4n) is 2.06. The van der Waals surface area contributed by atoms with E-state index in [1.165, 1.54) is 6.20 Å². The zero-order valence-corrected chi connectivity index (χ0v) is 13.0. The number of aromatic carboxylic acids is 1. The number of carboxylic acids is 1. The van der Waals surface area contributed by atoms with Crippen molar-refractivity contribution < 1.29 is 9.90 Å². The summed E-state index contributed by atoms with van der Waals surface area (Å²) in [6, 6.07) is 7.59. The Morgan fingerprint density at radius 3 is 2.68 bits per heavy atom. The van der Waals surface area contributed by atoms with Crippen molar-refractivity contribution in [3.63, 3.8) is 0 Å². The molecule has 0 atom stereocenters. The third-order valence-electron chi connectivity index (χ3n) is 3.26. The van der Waals surface area contributed by atoms with Gasteiger partial charge < -0.3 is 15.3 Å². The lowest BCUT2D eigenvalue weighted by Gasteiger charge is -2.12. The van der Waals surface area contributed by atoms with Crippen LogP contribution in [0.4, 0.5) is 5.95 Å². The van der Waals surface area contributed by atoms with E-state index < -0.39 is 5.97 Å². The Balaban J connectivity index is 2.37. The molecule has 0 radical (unpaired) electrons. The number of rotatable bonds is 6. The third kappa shape index (κ3) is 3.79. The van der Waals surface area contributed by atoms with Gasteiger partial charge in [0.1, 0.15) is 5.56 Å². The van der Waals surface area contributed by atoms with Crippen LogP contribution in [0.15, 0.2) is 30.5 Å². The predicted molar refractivity (Wildman–Crippen MR) is 86.2 cm³/mol. The van der Waals surface area contributed by atoms with Gasteiger partial charge in [0.25, 0.3) is 0 Å². The first-order valence-corrected chi connectivity index (χ1v) is 7.04. The van der Waals surface area contributed by atoms with Gasteiger partial charge in [0.2, 0.25) is 5.95 Å². The highest BCUT2D eigenvalue weighted by Gasteiger charge is 2.16. The number of aryl methyl sites for hydroxylation is 1. The predicted octanol–water partition coefficient (Wildman–Crippen LogP) is 2.12. The molecule has 2 rings (SSSR count). The number of anilines is 1. The highest BCUT2D eigenvalue weighted by molar-refractivity contribution is 5.95. The van der Waals surface area contributed by atoms with Crippen LogP contribution in [0.1, 0.15) is 15.9 Å². The molecule has 0 aliphatic rings. The molecule has 116 valence electrons. The number of carboxylic acid groups (broad SMARTS) is 1. The van der Waals surface area contributed by atoms with Gasteiger partial charge in [-0.3, -0.25) is 0 Å². The summed E-state index contributed by atoms with van der Waals surface area (Å²) in [6.07, 6.45) is 1.36. The molecule has 0 aliphatic carbocycles. The number of benzene rings is 1. The smallest absolute Gasteiger partial charge is 0.339 e. The number of hydrogen-bond donors (Lipinski definition) is 2. The second kappa shape index (κ2) is 7.00. The molecule has 1 heterocycles. The molecule has 22 heavy (non-hydrogen) atoms. The van der Waals surface area contributed by atoms with E-state index in [-0.39, 0.29) is 5.56 Å². The maximum absolute atomic E-state index is 11.4. The van der Waals surface area contributed by atoms with Gasteiger partial charge in [-0.1, -0.05) is 24.3 Å². The lowest BCUT2D eigenvalue weighted by atomic mass is 10.0. The molecule has 0 bridgehead atoms. The molecule has 0 aliphatic heterocycles. The van der Waals surface area contributed by atoms with Gasteiger partial charge >= 0.3 is 5.97 Å². The number of carbonyl (C=O) groups is 1. The van der Waals surface area contributed by atoms with Crippen molar-refractivity contribution in [2.45, 2.75) is 6.92 Å². The molecule has 0 saturated carbocycles. The van der Waals surface area contributed by atoms with Crippen LogP contribution in [0.25, 0.3) is 11.3 Å². The molecule has 6 heteroatoms. The van der Waals surface area contributed by atoms with Crippen LogP contribution >= 0.6 is 0 Å². The molecular formula is C16H20N4O2. The Labute approximate surface area is 129 Å². The van der Waals surface area contributed by atoms with E-state index in [1.54, 1.807) is 0 Å². The highest BCUT2D eigenvalue weighted by atomic mass is 16.4. The topological polar surface area (TPSA) is 78.4 Å². The van der Waals surface area contributed by atoms with Crippen LogP contribution in [0, 0.1) is 6.92 Å². The van der Waals surface area contributed by atoms with Crippen LogP contribution in [0.5, 0.6) is 0 Å². The Morgan fingerprint density at radius 1 is 1.32 bits per heavy atom. The number of likely N-dealkylation sites (N-methyl/N-ethyl adjacent to an activating group) is 1. The maximum Gasteiger partial charge on any atom is 0.339 e. The van der Waals surface area contributed by atoms with E-state index in [0.717, 1.165) is 17.7 Å². The number of hydrogen-bond acceptors (Lipinski definition) is 5. The second-order valence-electron chi connectivity index (χ2n) is 5.31. The molecule has 2 N–H and O–H groups in total. The quantitative estimate of drug-likeness (QED) is 0.851. The minimum atomic E-state index is -1.03. The second-order valence-corrected chi connectivity index (χ2v) is 5.31. The number of aromatic nitrogens is 2. The van der Waals surface area contributed by atoms with Gasteiger partial charge in [0.05, 0.1) is 5.69 Å². The van der Waals surface area contributed by atoms with Crippen molar-refractivity contribution in [3.8, 4) is 11.3 Å². The van der Waals surface area contributed by atoms with Crippen molar-refractivity contribution in [2.24, 2.45) is 0 Å². The SMILES string of the molecule is Cc1ccccc1-c1nc(NCCN(C)C)ncc1C(=O)O. The Morgan fingerprint density at radius 2 is 2.05 bits per heavy atom. The molecular weight excluding hydrogens is 280 g/mol. The van der Waals surface area contributed by atoms with Gasteiger partial charge in [-0.15, -0.1) is 0 Å². The average Bonchev–Trinajstić information content (AvgIpc) is 2.47. The van der Waals surface area contributed by atoms with Gasteiger partial charge in [-0.2, -0.15) is 0 Å². The van der Waals surface area contributed by atoms with Gasteiger partial charge in [-0.25, -0.2) is 14.8 Å². The summed E-state index contributed by atoms with van der Waals surface area (Å²) in [5, 5.41) is 12.5. The molecule has 1 aromatic heterocycles. The largest absolute Gasteiger partial charge is 0.478 e. The van der Waals surface area contributed by atoms with E-state index >= 15 is 0 Å². The van der Waals surface area contributed by atoms with Crippen molar-refractivity contribution in [1.29, 1.82) is 0 Å². The molecule has 0 spiro atoms. The first-order chi connectivity index (χ1) is 10.5. The molecule has 6 nitrogen and oxygen atoms in total. The van der Waals surface area contributed by atoms with Crippen molar-refractivity contribution >= 4 is 11.9 Å². The van der Waals surface area contributed by atoms with Crippen LogP contribution in [-0.2, 0) is 0 Å². The fraction of sp³-hybridized carbons (Fsp3) is 0.312. The molecule has 0 unspecified atom stereocenters. The van der Waals surface area contributed by atoms with Crippen LogP contribution < -0.4 is 5.32 Å². The van der Waals surface area contributed by atoms with Gasteiger partial charge in [0.15, 0.2) is 0 Å². The van der Waals surface area contributed by atoms with E-state index in [2.05, 4.69) is 15.3 Å². The Hall–Kier alpha value is -2.47. The maximum atomic E-state index is 11.4. The summed E-state index contributed by atoms with van der Waals surface area (Å²) in [5.41, 5.74) is 2.32. The van der Waals surface area contributed by atoms with Crippen LogP contribution in [0.2, 0.25) is 0 Å². The summed E-state index contributed by atoms with van der Waals surface area (Å²) in [7, 11) is 3.96. The van der Waals surface area contributed by atoms with Crippen molar-refractivity contribution in [2.75, 3.05) is 32.5 Å². The van der Waals surface area contributed by atoms with Crippen molar-refractivity contribution in [1.82, 2.24) is 14.9 Å². The third-order valence-corrected chi connectivity index (χ3v) is 3.26. The average molecular weight is 300 g/mol. The summed E-state index contributed by atoms with van der Waals surface area (Å²) < 4.78 is 0. The van der Waals surface area contributed by atoms with E-state index in [0.29, 0.717) is 18.2 Å². The van der Waals surface area contributed by atoms with E-state index in [9.17, 15) is 9.90 Å². The standard InChI is InChI=1S/C16H20N4O2/c1-11-6-4-5-7-12(11)14-13(15(21)22)10-18-16(19-14)17-8-9-20(2)3/h4-7,10H,8-9H2,1-3H3,(H,21,22)(H,17,18,19). The molecule has 0 fully saturated rings. The summed E-state index contributed by atoms with van der Waals surface area (Å²) in [6.45, 7) is 3.46. The van der Waals surface area contributed by atoms with E-state index in [4.69, 9.17) is 0 Å². The lowest BCUT2D eigenvalue weighted by Crippen LogP contribution is -2.21. The number of nitrogens with one attached hydrogen (secondary N) is 1. The Kier molecular flexibility index (Phi) is 5.06. The first kappa shape index (κ1) is 15.9. The van der Waals surface area contributed by atoms with Crippen molar-refractivity contribution in [3.05, 3.63) is 41.6 Å². The summed E-state index contributed by atoms with van der Waals surface area (Å²) in [4.78, 5) is 21.9. The lowest BCUT2D eigenvalue weighted by molar-refractivity contribution is 0.0697. The minimum Gasteiger partial charge on any atom is -0.478 e. The van der Waals surface area contributed by atoms with Gasteiger partial charge in [0, 0.05) is 24.8 Å². The fourth-order valence-corrected chi connectivity index (χ4v) is 2.06. The monoisotopic (exact) mass is 300 g/mol. The molecule has 1 aromatic carbocycles. The molecule has 0 amide bonds. The normalized spacial score (nSPS) is 10.7. The summed E-state index contributed by atoms with van der Waals surface area (Å²) in [5.74, 6) is -0.594. The Bertz CT molecular complexity index is 671. The van der Waals surface area contributed by atoms with E-state index in [1.807, 2.05) is 50.2 Å². The minimum absolute atomic E-state index is 0.104. The first-order valence-electron chi connectivity index (χ1n) is 7.04. The zero-order chi connectivity index (χ0) is 16.1. The highest BCUT2D eigenvalue weighted by Crippen LogP contribution is 2.25.